The number of carbonyl (C=O) groups excluding carboxylic acids is 1. The van der Waals surface area contributed by atoms with Crippen LogP contribution in [0.4, 0.5) is 0 Å². The molecule has 0 spiro atoms. The summed E-state index contributed by atoms with van der Waals surface area (Å²) in [6.07, 6.45) is -0.703. The van der Waals surface area contributed by atoms with Crippen LogP contribution in [-0.2, 0) is 4.74 Å². The van der Waals surface area contributed by atoms with Crippen molar-refractivity contribution in [2.45, 2.75) is 18.1 Å². The van der Waals surface area contributed by atoms with Crippen molar-refractivity contribution in [1.82, 2.24) is 15.0 Å². The maximum absolute atomic E-state index is 12.1. The zero-order valence-electron chi connectivity index (χ0n) is 13.3. The molecule has 1 atom stereocenters. The van der Waals surface area contributed by atoms with Crippen molar-refractivity contribution in [3.63, 3.8) is 0 Å². The van der Waals surface area contributed by atoms with Crippen LogP contribution in [0.25, 0.3) is 5.69 Å². The van der Waals surface area contributed by atoms with E-state index in [0.717, 1.165) is 0 Å². The molecule has 0 bridgehead atoms. The molecule has 0 aliphatic heterocycles. The second kappa shape index (κ2) is 8.91. The zero-order chi connectivity index (χ0) is 17.5. The Bertz CT molecular complexity index is 678. The SMILES string of the molecule is CCOC(=O)c1nnn(-c2ccc(OC)cc2)c1SCC(O)CCl. The van der Waals surface area contributed by atoms with Crippen molar-refractivity contribution in [3.05, 3.63) is 30.0 Å². The lowest BCUT2D eigenvalue weighted by Crippen LogP contribution is -2.13. The molecule has 1 N–H and O–H groups in total. The number of aromatic nitrogens is 3. The fraction of sp³-hybridized carbons (Fsp3) is 0.400. The van der Waals surface area contributed by atoms with Crippen LogP contribution >= 0.6 is 23.4 Å². The molecule has 1 aromatic heterocycles. The number of hydrogen-bond donors (Lipinski definition) is 1. The minimum atomic E-state index is -0.703. The molecule has 130 valence electrons. The van der Waals surface area contributed by atoms with E-state index in [0.29, 0.717) is 22.2 Å². The lowest BCUT2D eigenvalue weighted by atomic mass is 10.3. The number of thioether (sulfide) groups is 1. The van der Waals surface area contributed by atoms with E-state index >= 15 is 0 Å². The average Bonchev–Trinajstić information content (AvgIpc) is 3.03. The van der Waals surface area contributed by atoms with Crippen LogP contribution in [0.3, 0.4) is 0 Å². The fourth-order valence-electron chi connectivity index (χ4n) is 1.84. The van der Waals surface area contributed by atoms with E-state index in [4.69, 9.17) is 21.1 Å². The Hall–Kier alpha value is -1.77. The van der Waals surface area contributed by atoms with E-state index in [-0.39, 0.29) is 18.2 Å². The number of aliphatic hydroxyl groups is 1. The van der Waals surface area contributed by atoms with Gasteiger partial charge in [-0.15, -0.1) is 28.5 Å². The lowest BCUT2D eigenvalue weighted by molar-refractivity contribution is 0.0515. The molecule has 9 heteroatoms. The van der Waals surface area contributed by atoms with Crippen molar-refractivity contribution in [1.29, 1.82) is 0 Å². The van der Waals surface area contributed by atoms with Gasteiger partial charge < -0.3 is 14.6 Å². The molecule has 0 aliphatic carbocycles. The van der Waals surface area contributed by atoms with E-state index in [1.54, 1.807) is 38.3 Å². The van der Waals surface area contributed by atoms with Gasteiger partial charge in [-0.25, -0.2) is 9.48 Å². The van der Waals surface area contributed by atoms with E-state index < -0.39 is 12.1 Å². The third-order valence-electron chi connectivity index (χ3n) is 3.01. The summed E-state index contributed by atoms with van der Waals surface area (Å²) in [4.78, 5) is 12.1. The topological polar surface area (TPSA) is 86.5 Å². The summed E-state index contributed by atoms with van der Waals surface area (Å²) in [6, 6.07) is 7.15. The molecule has 24 heavy (non-hydrogen) atoms. The molecule has 0 saturated carbocycles. The summed E-state index contributed by atoms with van der Waals surface area (Å²) in [6.45, 7) is 1.96. The molecule has 0 saturated heterocycles. The maximum Gasteiger partial charge on any atom is 0.361 e. The van der Waals surface area contributed by atoms with E-state index in [1.807, 2.05) is 0 Å². The smallest absolute Gasteiger partial charge is 0.361 e. The average molecular weight is 372 g/mol. The van der Waals surface area contributed by atoms with Crippen molar-refractivity contribution in [3.8, 4) is 11.4 Å². The highest BCUT2D eigenvalue weighted by molar-refractivity contribution is 7.99. The number of alkyl halides is 1. The highest BCUT2D eigenvalue weighted by Gasteiger charge is 2.23. The van der Waals surface area contributed by atoms with Crippen LogP contribution < -0.4 is 4.74 Å². The largest absolute Gasteiger partial charge is 0.497 e. The molecular weight excluding hydrogens is 354 g/mol. The fourth-order valence-corrected chi connectivity index (χ4v) is 3.07. The Kier molecular flexibility index (Phi) is 6.89. The number of nitrogens with zero attached hydrogens (tertiary/aromatic N) is 3. The van der Waals surface area contributed by atoms with Gasteiger partial charge in [-0.3, -0.25) is 0 Å². The highest BCUT2D eigenvalue weighted by Crippen LogP contribution is 2.26. The van der Waals surface area contributed by atoms with Gasteiger partial charge in [0.2, 0.25) is 5.69 Å². The number of benzene rings is 1. The minimum absolute atomic E-state index is 0.103. The highest BCUT2D eigenvalue weighted by atomic mass is 35.5. The Morgan fingerprint density at radius 2 is 2.12 bits per heavy atom. The van der Waals surface area contributed by atoms with Crippen molar-refractivity contribution >= 4 is 29.3 Å². The van der Waals surface area contributed by atoms with E-state index in [1.165, 1.54) is 16.4 Å². The van der Waals surface area contributed by atoms with Crippen molar-refractivity contribution < 1.29 is 19.4 Å². The van der Waals surface area contributed by atoms with Crippen LogP contribution in [0, 0.1) is 0 Å². The zero-order valence-corrected chi connectivity index (χ0v) is 14.9. The Morgan fingerprint density at radius 1 is 1.42 bits per heavy atom. The summed E-state index contributed by atoms with van der Waals surface area (Å²) in [5.41, 5.74) is 0.821. The van der Waals surface area contributed by atoms with Gasteiger partial charge in [-0.1, -0.05) is 5.21 Å². The number of esters is 1. The first-order valence-electron chi connectivity index (χ1n) is 7.24. The number of hydrogen-bond acceptors (Lipinski definition) is 7. The summed E-state index contributed by atoms with van der Waals surface area (Å²) in [5, 5.41) is 18.1. The molecule has 7 nitrogen and oxygen atoms in total. The standard InChI is InChI=1S/C15H18ClN3O4S/c1-3-23-15(21)13-14(24-9-11(20)8-16)19(18-17-13)10-4-6-12(22-2)7-5-10/h4-7,11,20H,3,8-9H2,1-2H3. The summed E-state index contributed by atoms with van der Waals surface area (Å²) < 4.78 is 11.7. The first-order chi connectivity index (χ1) is 11.6. The van der Waals surface area contributed by atoms with Crippen molar-refractivity contribution in [2.24, 2.45) is 0 Å². The number of ether oxygens (including phenoxy) is 2. The summed E-state index contributed by atoms with van der Waals surface area (Å²) >= 11 is 6.87. The first-order valence-corrected chi connectivity index (χ1v) is 8.76. The molecule has 0 amide bonds. The Labute approximate surface area is 148 Å². The number of carbonyl (C=O) groups is 1. The predicted molar refractivity (Wildman–Crippen MR) is 91.3 cm³/mol. The van der Waals surface area contributed by atoms with Crippen LogP contribution in [0.15, 0.2) is 29.3 Å². The van der Waals surface area contributed by atoms with Gasteiger partial charge in [-0.05, 0) is 31.2 Å². The molecule has 0 aliphatic rings. The molecular formula is C15H18ClN3O4S. The molecule has 2 rings (SSSR count). The first kappa shape index (κ1) is 18.6. The van der Waals surface area contributed by atoms with Crippen LogP contribution in [0.2, 0.25) is 0 Å². The van der Waals surface area contributed by atoms with Gasteiger partial charge in [0.05, 0.1) is 25.5 Å². The Morgan fingerprint density at radius 3 is 2.71 bits per heavy atom. The number of halogens is 1. The second-order valence-electron chi connectivity index (χ2n) is 4.69. The van der Waals surface area contributed by atoms with Gasteiger partial charge in [0, 0.05) is 11.6 Å². The Balaban J connectivity index is 2.36. The molecule has 0 fully saturated rings. The van der Waals surface area contributed by atoms with Gasteiger partial charge in [0.15, 0.2) is 0 Å². The summed E-state index contributed by atoms with van der Waals surface area (Å²) in [7, 11) is 1.58. The van der Waals surface area contributed by atoms with Gasteiger partial charge in [0.25, 0.3) is 0 Å². The molecule has 1 unspecified atom stereocenters. The van der Waals surface area contributed by atoms with Crippen LogP contribution in [0.1, 0.15) is 17.4 Å². The molecule has 1 aromatic carbocycles. The number of methoxy groups -OCH3 is 1. The lowest BCUT2D eigenvalue weighted by Gasteiger charge is -2.10. The van der Waals surface area contributed by atoms with E-state index in [9.17, 15) is 9.90 Å². The number of aliphatic hydroxyl groups excluding tert-OH is 1. The molecule has 0 radical (unpaired) electrons. The second-order valence-corrected chi connectivity index (χ2v) is 6.01. The quantitative estimate of drug-likeness (QED) is 0.432. The monoisotopic (exact) mass is 371 g/mol. The van der Waals surface area contributed by atoms with Gasteiger partial charge >= 0.3 is 5.97 Å². The normalized spacial score (nSPS) is 12.0. The van der Waals surface area contributed by atoms with Gasteiger partial charge in [0.1, 0.15) is 10.8 Å². The van der Waals surface area contributed by atoms with Crippen molar-refractivity contribution in [2.75, 3.05) is 25.3 Å². The van der Waals surface area contributed by atoms with Crippen LogP contribution in [-0.4, -0.2) is 57.5 Å². The molecule has 1 heterocycles. The minimum Gasteiger partial charge on any atom is -0.497 e. The predicted octanol–water partition coefficient (Wildman–Crippen LogP) is 2.14. The van der Waals surface area contributed by atoms with Gasteiger partial charge in [-0.2, -0.15) is 0 Å². The maximum atomic E-state index is 12.1. The molecule has 2 aromatic rings. The van der Waals surface area contributed by atoms with E-state index in [2.05, 4.69) is 10.3 Å². The third kappa shape index (κ3) is 4.40. The summed E-state index contributed by atoms with van der Waals surface area (Å²) in [5.74, 6) is 0.557. The van der Waals surface area contributed by atoms with Crippen LogP contribution in [0.5, 0.6) is 5.75 Å². The number of rotatable bonds is 8. The third-order valence-corrected chi connectivity index (χ3v) is 4.55.